The van der Waals surface area contributed by atoms with Gasteiger partial charge in [0, 0.05) is 23.0 Å². The summed E-state index contributed by atoms with van der Waals surface area (Å²) in [4.78, 5) is 6.05. The van der Waals surface area contributed by atoms with Crippen LogP contribution in [0.4, 0.5) is 0 Å². The van der Waals surface area contributed by atoms with Crippen LogP contribution >= 0.6 is 11.3 Å². The number of aromatic nitrogens is 1. The quantitative estimate of drug-likeness (QED) is 0.887. The van der Waals surface area contributed by atoms with Crippen molar-refractivity contribution in [2.75, 3.05) is 6.54 Å². The Balaban J connectivity index is 2.16. The highest BCUT2D eigenvalue weighted by atomic mass is 32.1. The van der Waals surface area contributed by atoms with Gasteiger partial charge >= 0.3 is 0 Å². The van der Waals surface area contributed by atoms with Crippen molar-refractivity contribution in [2.24, 2.45) is 0 Å². The van der Waals surface area contributed by atoms with Gasteiger partial charge < -0.3 is 5.32 Å². The summed E-state index contributed by atoms with van der Waals surface area (Å²) < 4.78 is 0. The van der Waals surface area contributed by atoms with Gasteiger partial charge in [0.1, 0.15) is 0 Å². The molecular weight excluding hydrogens is 240 g/mol. The number of nitrogens with zero attached hydrogens (tertiary/aromatic N) is 1. The van der Waals surface area contributed by atoms with Crippen LogP contribution in [0.25, 0.3) is 11.3 Å². The van der Waals surface area contributed by atoms with E-state index in [-0.39, 0.29) is 0 Å². The lowest BCUT2D eigenvalue weighted by atomic mass is 10.1. The first kappa shape index (κ1) is 13.2. The molecule has 2 aromatic rings. The van der Waals surface area contributed by atoms with E-state index in [0.717, 1.165) is 23.7 Å². The summed E-state index contributed by atoms with van der Waals surface area (Å²) in [5.74, 6) is 0. The molecule has 0 radical (unpaired) electrons. The van der Waals surface area contributed by atoms with Gasteiger partial charge in [-0.2, -0.15) is 0 Å². The Morgan fingerprint density at radius 2 is 1.94 bits per heavy atom. The van der Waals surface area contributed by atoms with E-state index in [1.165, 1.54) is 10.4 Å². The molecular formula is C15H20N2S. The molecule has 0 aliphatic rings. The third-order valence-electron chi connectivity index (χ3n) is 2.76. The number of benzene rings is 1. The predicted octanol–water partition coefficient (Wildman–Crippen LogP) is 3.66. The summed E-state index contributed by atoms with van der Waals surface area (Å²) in [7, 11) is 0. The van der Waals surface area contributed by atoms with E-state index < -0.39 is 0 Å². The fraction of sp³-hybridized carbons (Fsp3) is 0.400. The van der Waals surface area contributed by atoms with Crippen LogP contribution in [0.5, 0.6) is 0 Å². The number of nitrogens with one attached hydrogen (secondary N) is 1. The zero-order valence-electron chi connectivity index (χ0n) is 11.2. The first-order valence-corrected chi connectivity index (χ1v) is 7.23. The van der Waals surface area contributed by atoms with Crippen LogP contribution in [-0.4, -0.2) is 17.6 Å². The molecule has 1 N–H and O–H groups in total. The normalized spacial score (nSPS) is 11.1. The third-order valence-corrected chi connectivity index (χ3v) is 3.79. The summed E-state index contributed by atoms with van der Waals surface area (Å²) >= 11 is 1.81. The minimum absolute atomic E-state index is 0.541. The van der Waals surface area contributed by atoms with Crippen molar-refractivity contribution in [3.8, 4) is 11.3 Å². The van der Waals surface area contributed by atoms with Gasteiger partial charge in [-0.05, 0) is 13.3 Å². The molecule has 0 spiro atoms. The largest absolute Gasteiger partial charge is 0.314 e. The lowest BCUT2D eigenvalue weighted by Crippen LogP contribution is -2.24. The molecule has 0 atom stereocenters. The molecule has 18 heavy (non-hydrogen) atoms. The molecule has 0 aliphatic carbocycles. The molecule has 96 valence electrons. The van der Waals surface area contributed by atoms with Gasteiger partial charge in [-0.1, -0.05) is 44.2 Å². The molecule has 3 heteroatoms. The lowest BCUT2D eigenvalue weighted by Gasteiger charge is -2.07. The van der Waals surface area contributed by atoms with E-state index in [9.17, 15) is 0 Å². The van der Waals surface area contributed by atoms with E-state index in [1.807, 2.05) is 17.4 Å². The maximum atomic E-state index is 4.67. The molecule has 2 nitrogen and oxygen atoms in total. The van der Waals surface area contributed by atoms with Crippen molar-refractivity contribution < 1.29 is 0 Å². The molecule has 2 rings (SSSR count). The van der Waals surface area contributed by atoms with Crippen LogP contribution in [0.2, 0.25) is 0 Å². The van der Waals surface area contributed by atoms with Gasteiger partial charge in [-0.3, -0.25) is 0 Å². The van der Waals surface area contributed by atoms with Crippen LogP contribution in [0.1, 0.15) is 23.7 Å². The highest BCUT2D eigenvalue weighted by Gasteiger charge is 2.10. The van der Waals surface area contributed by atoms with Crippen molar-refractivity contribution in [3.63, 3.8) is 0 Å². The van der Waals surface area contributed by atoms with Gasteiger partial charge in [0.15, 0.2) is 0 Å². The summed E-state index contributed by atoms with van der Waals surface area (Å²) in [5, 5.41) is 4.61. The predicted molar refractivity (Wildman–Crippen MR) is 79.1 cm³/mol. The first-order valence-electron chi connectivity index (χ1n) is 6.42. The molecule has 0 saturated carbocycles. The van der Waals surface area contributed by atoms with Crippen molar-refractivity contribution in [1.82, 2.24) is 10.3 Å². The molecule has 1 aromatic heterocycles. The summed E-state index contributed by atoms with van der Waals surface area (Å²) in [6, 6.07) is 11.0. The molecule has 0 unspecified atom stereocenters. The number of hydrogen-bond acceptors (Lipinski definition) is 3. The molecule has 0 bridgehead atoms. The smallest absolute Gasteiger partial charge is 0.0904 e. The van der Waals surface area contributed by atoms with E-state index in [1.54, 1.807) is 0 Å². The Labute approximate surface area is 113 Å². The Morgan fingerprint density at radius 1 is 1.22 bits per heavy atom. The molecule has 0 fully saturated rings. The SMILES string of the molecule is Cc1nc(-c2ccccc2)c(CCNC(C)C)s1. The first-order chi connectivity index (χ1) is 8.66. The molecule has 0 amide bonds. The third kappa shape index (κ3) is 3.40. The topological polar surface area (TPSA) is 24.9 Å². The van der Waals surface area contributed by atoms with Crippen molar-refractivity contribution in [2.45, 2.75) is 33.2 Å². The molecule has 1 aromatic carbocycles. The van der Waals surface area contributed by atoms with Crippen LogP contribution in [0.3, 0.4) is 0 Å². The Bertz CT molecular complexity index is 488. The van der Waals surface area contributed by atoms with Crippen LogP contribution < -0.4 is 5.32 Å². The van der Waals surface area contributed by atoms with Crippen molar-refractivity contribution >= 4 is 11.3 Å². The Kier molecular flexibility index (Phi) is 4.50. The fourth-order valence-electron chi connectivity index (χ4n) is 1.93. The highest BCUT2D eigenvalue weighted by molar-refractivity contribution is 7.12. The second kappa shape index (κ2) is 6.12. The van der Waals surface area contributed by atoms with E-state index in [2.05, 4.69) is 55.3 Å². The lowest BCUT2D eigenvalue weighted by molar-refractivity contribution is 0.592. The monoisotopic (exact) mass is 260 g/mol. The van der Waals surface area contributed by atoms with E-state index in [0.29, 0.717) is 6.04 Å². The van der Waals surface area contributed by atoms with Crippen molar-refractivity contribution in [3.05, 3.63) is 40.2 Å². The second-order valence-electron chi connectivity index (χ2n) is 4.73. The summed E-state index contributed by atoms with van der Waals surface area (Å²) in [6.07, 6.45) is 1.05. The number of rotatable bonds is 5. The fourth-order valence-corrected chi connectivity index (χ4v) is 2.89. The number of aryl methyl sites for hydroxylation is 1. The summed E-state index contributed by atoms with van der Waals surface area (Å²) in [6.45, 7) is 7.45. The van der Waals surface area contributed by atoms with Gasteiger partial charge in [-0.25, -0.2) is 4.98 Å². The standard InChI is InChI=1S/C15H20N2S/c1-11(2)16-10-9-14-15(17-12(3)18-14)13-7-5-4-6-8-13/h4-8,11,16H,9-10H2,1-3H3. The highest BCUT2D eigenvalue weighted by Crippen LogP contribution is 2.28. The second-order valence-corrected chi connectivity index (χ2v) is 6.02. The maximum Gasteiger partial charge on any atom is 0.0904 e. The van der Waals surface area contributed by atoms with E-state index in [4.69, 9.17) is 0 Å². The van der Waals surface area contributed by atoms with Crippen LogP contribution in [-0.2, 0) is 6.42 Å². The molecule has 1 heterocycles. The van der Waals surface area contributed by atoms with Crippen LogP contribution in [0, 0.1) is 6.92 Å². The van der Waals surface area contributed by atoms with Gasteiger partial charge in [0.05, 0.1) is 10.7 Å². The Hall–Kier alpha value is -1.19. The zero-order valence-corrected chi connectivity index (χ0v) is 12.1. The minimum Gasteiger partial charge on any atom is -0.314 e. The van der Waals surface area contributed by atoms with Crippen LogP contribution in [0.15, 0.2) is 30.3 Å². The van der Waals surface area contributed by atoms with E-state index >= 15 is 0 Å². The molecule has 0 saturated heterocycles. The van der Waals surface area contributed by atoms with Gasteiger partial charge in [-0.15, -0.1) is 11.3 Å². The maximum absolute atomic E-state index is 4.67. The average molecular weight is 260 g/mol. The van der Waals surface area contributed by atoms with Crippen molar-refractivity contribution in [1.29, 1.82) is 0 Å². The minimum atomic E-state index is 0.541. The summed E-state index contributed by atoms with van der Waals surface area (Å²) in [5.41, 5.74) is 2.38. The van der Waals surface area contributed by atoms with Gasteiger partial charge in [0.2, 0.25) is 0 Å². The number of hydrogen-bond donors (Lipinski definition) is 1. The zero-order chi connectivity index (χ0) is 13.0. The van der Waals surface area contributed by atoms with Gasteiger partial charge in [0.25, 0.3) is 0 Å². The number of thiazole rings is 1. The average Bonchev–Trinajstić information content (AvgIpc) is 2.71. The molecule has 0 aliphatic heterocycles. The Morgan fingerprint density at radius 3 is 2.61 bits per heavy atom.